The van der Waals surface area contributed by atoms with E-state index >= 15 is 0 Å². The first-order valence-corrected chi connectivity index (χ1v) is 8.47. The molecule has 0 atom stereocenters. The third-order valence-corrected chi connectivity index (χ3v) is 4.14. The number of rotatable bonds is 6. The predicted octanol–water partition coefficient (Wildman–Crippen LogP) is 4.80. The van der Waals surface area contributed by atoms with E-state index in [0.717, 1.165) is 21.5 Å². The van der Waals surface area contributed by atoms with Crippen LogP contribution in [-0.4, -0.2) is 12.9 Å². The fraction of sp³-hybridized carbons (Fsp3) is 0.176. The molecule has 0 aliphatic heterocycles. The minimum atomic E-state index is 0.275. The van der Waals surface area contributed by atoms with Crippen molar-refractivity contribution in [2.45, 2.75) is 11.4 Å². The monoisotopic (exact) mass is 361 g/mol. The van der Waals surface area contributed by atoms with Crippen molar-refractivity contribution < 1.29 is 4.74 Å². The van der Waals surface area contributed by atoms with E-state index in [1.165, 1.54) is 4.90 Å². The van der Waals surface area contributed by atoms with Crippen molar-refractivity contribution in [2.24, 2.45) is 0 Å². The molecule has 0 aromatic heterocycles. The summed E-state index contributed by atoms with van der Waals surface area (Å²) in [6.45, 7) is 0.953. The smallest absolute Gasteiger partial charge is 0.148 e. The lowest BCUT2D eigenvalue weighted by molar-refractivity contribution is 0.366. The van der Waals surface area contributed by atoms with Crippen molar-refractivity contribution in [1.29, 1.82) is 0 Å². The number of nitrogens with one attached hydrogen (secondary N) is 1. The van der Waals surface area contributed by atoms with E-state index in [1.54, 1.807) is 11.8 Å². The second kappa shape index (κ2) is 8.02. The highest BCUT2D eigenvalue weighted by Gasteiger charge is 2.04. The summed E-state index contributed by atoms with van der Waals surface area (Å²) in [5, 5.41) is 3.39. The fourth-order valence-corrected chi connectivity index (χ4v) is 2.67. The number of ether oxygens (including phenoxy) is 1. The van der Waals surface area contributed by atoms with Gasteiger partial charge in [0.05, 0.1) is 0 Å². The van der Waals surface area contributed by atoms with Gasteiger partial charge in [-0.2, -0.15) is 0 Å². The molecule has 0 aliphatic carbocycles. The van der Waals surface area contributed by atoms with Crippen LogP contribution < -0.4 is 10.1 Å². The second-order valence-electron chi connectivity index (χ2n) is 4.33. The van der Waals surface area contributed by atoms with Crippen LogP contribution in [-0.2, 0) is 6.54 Å². The molecule has 0 aliphatic rings. The van der Waals surface area contributed by atoms with Gasteiger partial charge < -0.3 is 10.1 Å². The molecule has 2 aromatic rings. The summed E-state index contributed by atoms with van der Waals surface area (Å²) in [7, 11) is 0. The molecule has 0 radical (unpaired) electrons. The zero-order valence-electron chi connectivity index (χ0n) is 11.7. The number of halogens is 1. The Morgan fingerprint density at radius 1 is 1.24 bits per heavy atom. The molecule has 4 heteroatoms. The van der Waals surface area contributed by atoms with Crippen LogP contribution in [0.5, 0.6) is 5.75 Å². The SMILES string of the molecule is C#CCOc1ccc(Br)cc1CNc1ccc(SC)cc1. The van der Waals surface area contributed by atoms with Crippen molar-refractivity contribution in [2.75, 3.05) is 18.2 Å². The van der Waals surface area contributed by atoms with Crippen LogP contribution in [0.1, 0.15) is 5.56 Å². The molecule has 108 valence electrons. The van der Waals surface area contributed by atoms with Crippen LogP contribution in [0, 0.1) is 12.3 Å². The minimum Gasteiger partial charge on any atom is -0.481 e. The van der Waals surface area contributed by atoms with Gasteiger partial charge in [0, 0.05) is 27.2 Å². The van der Waals surface area contributed by atoms with Gasteiger partial charge in [0.15, 0.2) is 0 Å². The molecule has 2 rings (SSSR count). The van der Waals surface area contributed by atoms with Gasteiger partial charge in [-0.3, -0.25) is 0 Å². The highest BCUT2D eigenvalue weighted by molar-refractivity contribution is 9.10. The van der Waals surface area contributed by atoms with Crippen LogP contribution in [0.3, 0.4) is 0 Å². The molecule has 0 heterocycles. The number of hydrogen-bond donors (Lipinski definition) is 1. The van der Waals surface area contributed by atoms with E-state index in [9.17, 15) is 0 Å². The van der Waals surface area contributed by atoms with E-state index in [0.29, 0.717) is 6.54 Å². The number of thioether (sulfide) groups is 1. The van der Waals surface area contributed by atoms with Crippen LogP contribution in [0.2, 0.25) is 0 Å². The third-order valence-electron chi connectivity index (χ3n) is 2.91. The molecule has 0 spiro atoms. The first-order chi connectivity index (χ1) is 10.2. The van der Waals surface area contributed by atoms with Crippen LogP contribution in [0.25, 0.3) is 0 Å². The Kier molecular flexibility index (Phi) is 6.04. The van der Waals surface area contributed by atoms with Crippen molar-refractivity contribution >= 4 is 33.4 Å². The highest BCUT2D eigenvalue weighted by atomic mass is 79.9. The average Bonchev–Trinajstić information content (AvgIpc) is 2.52. The van der Waals surface area contributed by atoms with Crippen LogP contribution >= 0.6 is 27.7 Å². The number of terminal acetylenes is 1. The Hall–Kier alpha value is -1.57. The predicted molar refractivity (Wildman–Crippen MR) is 94.0 cm³/mol. The van der Waals surface area contributed by atoms with E-state index in [4.69, 9.17) is 11.2 Å². The van der Waals surface area contributed by atoms with E-state index in [1.807, 2.05) is 18.2 Å². The normalized spacial score (nSPS) is 9.95. The Bertz CT molecular complexity index is 634. The fourth-order valence-electron chi connectivity index (χ4n) is 1.85. The molecule has 0 unspecified atom stereocenters. The first-order valence-electron chi connectivity index (χ1n) is 6.45. The quantitative estimate of drug-likeness (QED) is 0.589. The zero-order chi connectivity index (χ0) is 15.1. The van der Waals surface area contributed by atoms with E-state index < -0.39 is 0 Å². The van der Waals surface area contributed by atoms with Crippen molar-refractivity contribution in [1.82, 2.24) is 0 Å². The summed E-state index contributed by atoms with van der Waals surface area (Å²) < 4.78 is 6.58. The van der Waals surface area contributed by atoms with Crippen molar-refractivity contribution in [3.63, 3.8) is 0 Å². The van der Waals surface area contributed by atoms with Gasteiger partial charge in [-0.25, -0.2) is 0 Å². The molecule has 0 fully saturated rings. The van der Waals surface area contributed by atoms with Gasteiger partial charge in [0.1, 0.15) is 12.4 Å². The molecule has 0 amide bonds. The lowest BCUT2D eigenvalue weighted by Gasteiger charge is -2.12. The van der Waals surface area contributed by atoms with Gasteiger partial charge in [0.2, 0.25) is 0 Å². The van der Waals surface area contributed by atoms with Gasteiger partial charge in [-0.1, -0.05) is 21.9 Å². The van der Waals surface area contributed by atoms with Gasteiger partial charge in [-0.05, 0) is 48.7 Å². The average molecular weight is 362 g/mol. The largest absolute Gasteiger partial charge is 0.481 e. The highest BCUT2D eigenvalue weighted by Crippen LogP contribution is 2.25. The molecule has 2 nitrogen and oxygen atoms in total. The Morgan fingerprint density at radius 3 is 2.67 bits per heavy atom. The van der Waals surface area contributed by atoms with Gasteiger partial charge in [0.25, 0.3) is 0 Å². The molecular formula is C17H16BrNOS. The molecule has 0 bridgehead atoms. The minimum absolute atomic E-state index is 0.275. The summed E-state index contributed by atoms with van der Waals surface area (Å²) in [6, 6.07) is 14.3. The third kappa shape index (κ3) is 4.73. The standard InChI is InChI=1S/C17H16BrNOS/c1-3-10-20-17-9-4-14(18)11-13(17)12-19-15-5-7-16(21-2)8-6-15/h1,4-9,11,19H,10,12H2,2H3. The number of benzene rings is 2. The summed E-state index contributed by atoms with van der Waals surface area (Å²) in [5.74, 6) is 3.30. The number of anilines is 1. The van der Waals surface area contributed by atoms with E-state index in [2.05, 4.69) is 57.7 Å². The maximum atomic E-state index is 5.57. The lowest BCUT2D eigenvalue weighted by atomic mass is 10.2. The Morgan fingerprint density at radius 2 is 2.00 bits per heavy atom. The Balaban J connectivity index is 2.07. The number of hydrogen-bond acceptors (Lipinski definition) is 3. The molecule has 0 saturated heterocycles. The maximum Gasteiger partial charge on any atom is 0.148 e. The van der Waals surface area contributed by atoms with Gasteiger partial charge in [-0.15, -0.1) is 18.2 Å². The van der Waals surface area contributed by atoms with Crippen LogP contribution in [0.4, 0.5) is 5.69 Å². The second-order valence-corrected chi connectivity index (χ2v) is 6.12. The van der Waals surface area contributed by atoms with Crippen molar-refractivity contribution in [3.05, 3.63) is 52.5 Å². The first kappa shape index (κ1) is 15.8. The molecule has 2 aromatic carbocycles. The summed E-state index contributed by atoms with van der Waals surface area (Å²) in [4.78, 5) is 1.25. The summed E-state index contributed by atoms with van der Waals surface area (Å²) in [5.41, 5.74) is 2.14. The van der Waals surface area contributed by atoms with Crippen LogP contribution in [0.15, 0.2) is 51.8 Å². The van der Waals surface area contributed by atoms with Gasteiger partial charge >= 0.3 is 0 Å². The maximum absolute atomic E-state index is 5.57. The molecule has 21 heavy (non-hydrogen) atoms. The lowest BCUT2D eigenvalue weighted by Crippen LogP contribution is -2.03. The summed E-state index contributed by atoms with van der Waals surface area (Å²) in [6.07, 6.45) is 7.32. The zero-order valence-corrected chi connectivity index (χ0v) is 14.1. The molecule has 0 saturated carbocycles. The topological polar surface area (TPSA) is 21.3 Å². The van der Waals surface area contributed by atoms with E-state index in [-0.39, 0.29) is 6.61 Å². The Labute approximate surface area is 138 Å². The van der Waals surface area contributed by atoms with Crippen molar-refractivity contribution in [3.8, 4) is 18.1 Å². The summed E-state index contributed by atoms with van der Waals surface area (Å²) >= 11 is 5.22. The molecule has 1 N–H and O–H groups in total. The molecular weight excluding hydrogens is 346 g/mol.